The lowest BCUT2D eigenvalue weighted by molar-refractivity contribution is 0.0238. The van der Waals surface area contributed by atoms with Gasteiger partial charge in [0.1, 0.15) is 5.60 Å². The van der Waals surface area contributed by atoms with Crippen LogP contribution in [0.1, 0.15) is 62.0 Å². The number of hydrogen-bond donors (Lipinski definition) is 1. The molecule has 180 valence electrons. The molecular weight excluding hydrogens is 456 g/mol. The number of fused-ring (bicyclic) bond motifs is 1. The van der Waals surface area contributed by atoms with Gasteiger partial charge in [-0.1, -0.05) is 17.7 Å². The Morgan fingerprint density at radius 2 is 1.97 bits per heavy atom. The molecule has 1 aliphatic rings. The van der Waals surface area contributed by atoms with E-state index in [1.165, 1.54) is 12.4 Å². The van der Waals surface area contributed by atoms with E-state index in [9.17, 15) is 9.59 Å². The van der Waals surface area contributed by atoms with Crippen LogP contribution in [-0.4, -0.2) is 55.3 Å². The third-order valence-corrected chi connectivity index (χ3v) is 6.20. The molecule has 2 amide bonds. The lowest BCUT2D eigenvalue weighted by Gasteiger charge is -2.29. The normalized spacial score (nSPS) is 16.9. The van der Waals surface area contributed by atoms with Crippen molar-refractivity contribution in [2.45, 2.75) is 58.6 Å². The first-order valence-electron chi connectivity index (χ1n) is 11.4. The van der Waals surface area contributed by atoms with E-state index in [0.29, 0.717) is 35.1 Å². The Balaban J connectivity index is 1.74. The fraction of sp³-hybridized carbons (Fsp3) is 0.458. The van der Waals surface area contributed by atoms with Crippen LogP contribution in [0.25, 0.3) is 11.0 Å². The van der Waals surface area contributed by atoms with Gasteiger partial charge in [-0.15, -0.1) is 0 Å². The van der Waals surface area contributed by atoms with Gasteiger partial charge < -0.3 is 14.2 Å². The highest BCUT2D eigenvalue weighted by Gasteiger charge is 2.30. The number of hydrogen-bond acceptors (Lipinski definition) is 6. The molecule has 4 rings (SSSR count). The molecule has 1 unspecified atom stereocenters. The average Bonchev–Trinajstić information content (AvgIpc) is 2.97. The lowest BCUT2D eigenvalue weighted by atomic mass is 10.1. The average molecular weight is 485 g/mol. The summed E-state index contributed by atoms with van der Waals surface area (Å²) in [5.74, 6) is 0.0253. The smallest absolute Gasteiger partial charge is 0.410 e. The number of anilines is 1. The molecule has 0 saturated carbocycles. The second kappa shape index (κ2) is 9.58. The van der Waals surface area contributed by atoms with Crippen molar-refractivity contribution in [2.24, 2.45) is 0 Å². The van der Waals surface area contributed by atoms with Crippen LogP contribution in [0.5, 0.6) is 0 Å². The molecule has 0 bridgehead atoms. The highest BCUT2D eigenvalue weighted by molar-refractivity contribution is 6.35. The molecule has 10 heteroatoms. The minimum Gasteiger partial charge on any atom is -0.444 e. The molecule has 2 aromatic heterocycles. The Labute approximate surface area is 203 Å². The third kappa shape index (κ3) is 5.14. The number of amides is 2. The summed E-state index contributed by atoms with van der Waals surface area (Å²) in [5.41, 5.74) is 2.10. The van der Waals surface area contributed by atoms with Crippen molar-refractivity contribution in [3.8, 4) is 0 Å². The van der Waals surface area contributed by atoms with Gasteiger partial charge in [0.2, 0.25) is 5.95 Å². The predicted molar refractivity (Wildman–Crippen MR) is 130 cm³/mol. The number of imidazole rings is 1. The number of likely N-dealkylation sites (tertiary alicyclic amines) is 1. The number of nitrogens with zero attached hydrogens (tertiary/aromatic N) is 5. The van der Waals surface area contributed by atoms with Crippen LogP contribution in [0.15, 0.2) is 30.6 Å². The zero-order valence-electron chi connectivity index (χ0n) is 19.8. The van der Waals surface area contributed by atoms with Crippen molar-refractivity contribution in [3.05, 3.63) is 46.7 Å². The summed E-state index contributed by atoms with van der Waals surface area (Å²) in [6, 6.07) is 5.23. The summed E-state index contributed by atoms with van der Waals surface area (Å²) in [7, 11) is 0. The predicted octanol–water partition coefficient (Wildman–Crippen LogP) is 5.00. The van der Waals surface area contributed by atoms with E-state index in [4.69, 9.17) is 21.3 Å². The zero-order chi connectivity index (χ0) is 24.5. The van der Waals surface area contributed by atoms with Crippen LogP contribution >= 0.6 is 11.6 Å². The highest BCUT2D eigenvalue weighted by Crippen LogP contribution is 2.35. The van der Waals surface area contributed by atoms with Crippen LogP contribution in [0.4, 0.5) is 10.7 Å². The number of carbonyl (C=O) groups excluding carboxylic acids is 2. The number of ether oxygens (including phenoxy) is 1. The summed E-state index contributed by atoms with van der Waals surface area (Å²) in [6.45, 7) is 8.52. The molecule has 1 fully saturated rings. The van der Waals surface area contributed by atoms with Gasteiger partial charge in [0.05, 0.1) is 40.1 Å². The number of nitrogens with one attached hydrogen (secondary N) is 1. The molecule has 1 saturated heterocycles. The number of aryl methyl sites for hydroxylation is 1. The van der Waals surface area contributed by atoms with Crippen molar-refractivity contribution in [1.29, 1.82) is 0 Å². The zero-order valence-corrected chi connectivity index (χ0v) is 20.6. The molecule has 0 aliphatic carbocycles. The molecular formula is C24H29ClN6O3. The van der Waals surface area contributed by atoms with Crippen LogP contribution in [0, 0.1) is 6.92 Å². The largest absolute Gasteiger partial charge is 0.444 e. The molecule has 0 spiro atoms. The summed E-state index contributed by atoms with van der Waals surface area (Å²) in [6.07, 6.45) is 5.08. The number of halogens is 1. The second-order valence-corrected chi connectivity index (χ2v) is 9.91. The molecule has 3 aromatic rings. The minimum absolute atomic E-state index is 0.148. The molecule has 1 N–H and O–H groups in total. The quantitative estimate of drug-likeness (QED) is 0.561. The topological polar surface area (TPSA) is 102 Å². The lowest BCUT2D eigenvalue weighted by Crippen LogP contribution is -2.39. The van der Waals surface area contributed by atoms with Crippen molar-refractivity contribution < 1.29 is 14.3 Å². The van der Waals surface area contributed by atoms with E-state index in [1.54, 1.807) is 11.0 Å². The fourth-order valence-electron chi connectivity index (χ4n) is 4.11. The number of benzene rings is 1. The van der Waals surface area contributed by atoms with E-state index in [-0.39, 0.29) is 18.0 Å². The molecule has 3 heterocycles. The van der Waals surface area contributed by atoms with Crippen molar-refractivity contribution in [3.63, 3.8) is 0 Å². The van der Waals surface area contributed by atoms with Gasteiger partial charge in [-0.05, 0) is 64.7 Å². The van der Waals surface area contributed by atoms with Gasteiger partial charge in [-0.25, -0.2) is 9.78 Å². The van der Waals surface area contributed by atoms with Gasteiger partial charge >= 0.3 is 6.09 Å². The molecule has 1 aromatic carbocycles. The van der Waals surface area contributed by atoms with Gasteiger partial charge in [-0.2, -0.15) is 10.2 Å². The van der Waals surface area contributed by atoms with Crippen molar-refractivity contribution in [1.82, 2.24) is 24.6 Å². The van der Waals surface area contributed by atoms with Gasteiger partial charge in [0.15, 0.2) is 0 Å². The Kier molecular flexibility index (Phi) is 6.74. The first-order chi connectivity index (χ1) is 16.1. The Hall–Kier alpha value is -3.20. The van der Waals surface area contributed by atoms with Crippen LogP contribution in [0.2, 0.25) is 5.02 Å². The number of carbonyl (C=O) groups is 2. The number of rotatable bonds is 3. The maximum atomic E-state index is 12.9. The summed E-state index contributed by atoms with van der Waals surface area (Å²) in [5, 5.41) is 11.0. The Morgan fingerprint density at radius 3 is 2.68 bits per heavy atom. The number of aromatic nitrogens is 4. The summed E-state index contributed by atoms with van der Waals surface area (Å²) >= 11 is 6.75. The monoisotopic (exact) mass is 484 g/mol. The maximum absolute atomic E-state index is 12.9. The highest BCUT2D eigenvalue weighted by atomic mass is 35.5. The first-order valence-corrected chi connectivity index (χ1v) is 11.7. The standard InChI is InChI=1S/C24H29ClN6O3/c1-15-8-9-18-20(19(15)25)31(22(28-18)29-21(32)16-10-11-26-27-13-16)17-7-5-6-12-30(14-17)23(33)34-24(2,3)4/h8-11,13,17H,5-7,12,14H2,1-4H3,(H,28,29,32). The maximum Gasteiger partial charge on any atom is 0.410 e. The van der Waals surface area contributed by atoms with E-state index >= 15 is 0 Å². The fourth-order valence-corrected chi connectivity index (χ4v) is 4.36. The Morgan fingerprint density at radius 1 is 1.18 bits per heavy atom. The Bertz CT molecular complexity index is 1200. The van der Waals surface area contributed by atoms with E-state index < -0.39 is 5.60 Å². The SMILES string of the molecule is Cc1ccc2nc(NC(=O)c3ccnnc3)n(C3CCCCN(C(=O)OC(C)(C)C)C3)c2c1Cl. The third-order valence-electron chi connectivity index (χ3n) is 5.72. The minimum atomic E-state index is -0.585. The van der Waals surface area contributed by atoms with Crippen LogP contribution in [0.3, 0.4) is 0 Å². The van der Waals surface area contributed by atoms with E-state index in [0.717, 1.165) is 30.3 Å². The van der Waals surface area contributed by atoms with Gasteiger partial charge in [0, 0.05) is 13.1 Å². The molecule has 0 radical (unpaired) electrons. The van der Waals surface area contributed by atoms with Crippen LogP contribution < -0.4 is 5.32 Å². The molecule has 1 atom stereocenters. The van der Waals surface area contributed by atoms with Crippen molar-refractivity contribution in [2.75, 3.05) is 18.4 Å². The molecule has 34 heavy (non-hydrogen) atoms. The van der Waals surface area contributed by atoms with E-state index in [1.807, 2.05) is 44.4 Å². The van der Waals surface area contributed by atoms with Crippen LogP contribution in [-0.2, 0) is 4.74 Å². The first kappa shape index (κ1) is 23.9. The van der Waals surface area contributed by atoms with Gasteiger partial charge in [-0.3, -0.25) is 10.1 Å². The summed E-state index contributed by atoms with van der Waals surface area (Å²) < 4.78 is 7.59. The molecule has 1 aliphatic heterocycles. The second-order valence-electron chi connectivity index (χ2n) is 9.53. The van der Waals surface area contributed by atoms with E-state index in [2.05, 4.69) is 15.5 Å². The molecule has 9 nitrogen and oxygen atoms in total. The van der Waals surface area contributed by atoms with Crippen molar-refractivity contribution >= 4 is 40.6 Å². The van der Waals surface area contributed by atoms with Gasteiger partial charge in [0.25, 0.3) is 5.91 Å². The summed E-state index contributed by atoms with van der Waals surface area (Å²) in [4.78, 5) is 32.2.